The van der Waals surface area contributed by atoms with Crippen LogP contribution in [0.15, 0.2) is 29.4 Å². The Hall–Kier alpha value is -2.06. The summed E-state index contributed by atoms with van der Waals surface area (Å²) in [5.41, 5.74) is 0.962. The highest BCUT2D eigenvalue weighted by Gasteiger charge is 2.22. The minimum atomic E-state index is 0.0134. The van der Waals surface area contributed by atoms with Crippen LogP contribution < -0.4 is 10.1 Å². The molecule has 0 saturated carbocycles. The first-order valence-electron chi connectivity index (χ1n) is 9.30. The second kappa shape index (κ2) is 9.75. The van der Waals surface area contributed by atoms with Gasteiger partial charge < -0.3 is 14.8 Å². The third kappa shape index (κ3) is 5.23. The number of hydrogen-bond acceptors (Lipinski definition) is 6. The number of methoxy groups -OCH3 is 1. The molecule has 3 rings (SSSR count). The maximum atomic E-state index is 12.0. The van der Waals surface area contributed by atoms with Crippen LogP contribution in [0.5, 0.6) is 5.75 Å². The number of carbonyl (C=O) groups is 1. The Balaban J connectivity index is 1.79. The molecule has 1 N–H and O–H groups in total. The van der Waals surface area contributed by atoms with E-state index in [9.17, 15) is 4.79 Å². The first kappa shape index (κ1) is 19.7. The number of rotatable bonds is 9. The molecular formula is C19H26N4O3S. The lowest BCUT2D eigenvalue weighted by Gasteiger charge is -2.15. The van der Waals surface area contributed by atoms with Crippen LogP contribution in [0, 0.1) is 0 Å². The lowest BCUT2D eigenvalue weighted by atomic mass is 10.2. The van der Waals surface area contributed by atoms with Gasteiger partial charge in [0.1, 0.15) is 5.75 Å². The average molecular weight is 391 g/mol. The van der Waals surface area contributed by atoms with Gasteiger partial charge in [-0.05, 0) is 43.5 Å². The van der Waals surface area contributed by atoms with E-state index in [0.29, 0.717) is 18.8 Å². The van der Waals surface area contributed by atoms with Gasteiger partial charge in [-0.2, -0.15) is 0 Å². The molecule has 1 unspecified atom stereocenters. The monoisotopic (exact) mass is 390 g/mol. The molecule has 0 aliphatic carbocycles. The van der Waals surface area contributed by atoms with Crippen LogP contribution >= 0.6 is 11.8 Å². The summed E-state index contributed by atoms with van der Waals surface area (Å²) in [7, 11) is 1.65. The number of hydrogen-bond donors (Lipinski definition) is 1. The lowest BCUT2D eigenvalue weighted by Crippen LogP contribution is -2.26. The molecular weight excluding hydrogens is 364 g/mol. The van der Waals surface area contributed by atoms with Gasteiger partial charge in [-0.25, -0.2) is 0 Å². The first-order valence-corrected chi connectivity index (χ1v) is 10.3. The molecule has 1 fully saturated rings. The Morgan fingerprint density at radius 1 is 1.37 bits per heavy atom. The zero-order valence-electron chi connectivity index (χ0n) is 15.8. The lowest BCUT2D eigenvalue weighted by molar-refractivity contribution is -0.118. The van der Waals surface area contributed by atoms with Crippen molar-refractivity contribution in [2.75, 3.05) is 26.0 Å². The molecule has 27 heavy (non-hydrogen) atoms. The van der Waals surface area contributed by atoms with Crippen molar-refractivity contribution in [2.45, 2.75) is 44.0 Å². The fourth-order valence-corrected chi connectivity index (χ4v) is 3.73. The molecule has 1 aliphatic heterocycles. The second-order valence-electron chi connectivity index (χ2n) is 6.42. The standard InChI is InChI=1S/C19H26N4O3S/c1-3-10-20-17(24)13-27-19-22-21-18(14-6-8-15(25-2)9-7-14)23(19)12-16-5-4-11-26-16/h6-9,16H,3-5,10-13H2,1-2H3,(H,20,24). The van der Waals surface area contributed by atoms with Crippen molar-refractivity contribution >= 4 is 17.7 Å². The molecule has 0 radical (unpaired) electrons. The Kier molecular flexibility index (Phi) is 7.11. The van der Waals surface area contributed by atoms with Crippen molar-refractivity contribution < 1.29 is 14.3 Å². The Morgan fingerprint density at radius 2 is 2.19 bits per heavy atom. The summed E-state index contributed by atoms with van der Waals surface area (Å²) in [6, 6.07) is 7.76. The van der Waals surface area contributed by atoms with Crippen molar-refractivity contribution in [2.24, 2.45) is 0 Å². The predicted octanol–water partition coefficient (Wildman–Crippen LogP) is 2.75. The van der Waals surface area contributed by atoms with Gasteiger partial charge in [-0.15, -0.1) is 10.2 Å². The molecule has 1 amide bonds. The van der Waals surface area contributed by atoms with Crippen LogP contribution in [0.3, 0.4) is 0 Å². The summed E-state index contributed by atoms with van der Waals surface area (Å²) in [6.07, 6.45) is 3.19. The van der Waals surface area contributed by atoms with Gasteiger partial charge in [-0.3, -0.25) is 9.36 Å². The van der Waals surface area contributed by atoms with Crippen molar-refractivity contribution in [3.05, 3.63) is 24.3 Å². The molecule has 1 saturated heterocycles. The Labute approximate surface area is 163 Å². The molecule has 0 spiro atoms. The SMILES string of the molecule is CCCNC(=O)CSc1nnc(-c2ccc(OC)cc2)n1CC1CCCO1. The summed E-state index contributed by atoms with van der Waals surface area (Å²) in [5.74, 6) is 1.92. The van der Waals surface area contributed by atoms with Crippen LogP contribution in [-0.4, -0.2) is 52.8 Å². The number of aromatic nitrogens is 3. The van der Waals surface area contributed by atoms with Gasteiger partial charge in [-0.1, -0.05) is 18.7 Å². The number of ether oxygens (including phenoxy) is 2. The first-order chi connectivity index (χ1) is 13.2. The van der Waals surface area contributed by atoms with Crippen LogP contribution in [0.2, 0.25) is 0 Å². The van der Waals surface area contributed by atoms with Crippen LogP contribution in [0.4, 0.5) is 0 Å². The van der Waals surface area contributed by atoms with Gasteiger partial charge >= 0.3 is 0 Å². The predicted molar refractivity (Wildman–Crippen MR) is 105 cm³/mol. The quantitative estimate of drug-likeness (QED) is 0.664. The summed E-state index contributed by atoms with van der Waals surface area (Å²) in [6.45, 7) is 4.21. The van der Waals surface area contributed by atoms with Crippen LogP contribution in [0.25, 0.3) is 11.4 Å². The molecule has 8 heteroatoms. The van der Waals surface area contributed by atoms with E-state index < -0.39 is 0 Å². The fraction of sp³-hybridized carbons (Fsp3) is 0.526. The van der Waals surface area contributed by atoms with Crippen LogP contribution in [0.1, 0.15) is 26.2 Å². The third-order valence-electron chi connectivity index (χ3n) is 4.38. The highest BCUT2D eigenvalue weighted by Crippen LogP contribution is 2.27. The zero-order valence-corrected chi connectivity index (χ0v) is 16.6. The number of amides is 1. The maximum absolute atomic E-state index is 12.0. The number of thioether (sulfide) groups is 1. The molecule has 2 heterocycles. The summed E-state index contributed by atoms with van der Waals surface area (Å²) >= 11 is 1.41. The second-order valence-corrected chi connectivity index (χ2v) is 7.36. The van der Waals surface area contributed by atoms with E-state index in [-0.39, 0.29) is 12.0 Å². The smallest absolute Gasteiger partial charge is 0.230 e. The molecule has 146 valence electrons. The number of carbonyl (C=O) groups excluding carboxylic acids is 1. The van der Waals surface area contributed by atoms with E-state index in [1.165, 1.54) is 11.8 Å². The maximum Gasteiger partial charge on any atom is 0.230 e. The topological polar surface area (TPSA) is 78.3 Å². The van der Waals surface area contributed by atoms with E-state index in [2.05, 4.69) is 20.1 Å². The summed E-state index contributed by atoms with van der Waals surface area (Å²) in [4.78, 5) is 12.0. The van der Waals surface area contributed by atoms with Gasteiger partial charge in [0.05, 0.1) is 25.5 Å². The minimum Gasteiger partial charge on any atom is -0.497 e. The molecule has 1 aliphatic rings. The van der Waals surface area contributed by atoms with E-state index in [1.54, 1.807) is 7.11 Å². The van der Waals surface area contributed by atoms with Crippen molar-refractivity contribution in [3.8, 4) is 17.1 Å². The van der Waals surface area contributed by atoms with E-state index >= 15 is 0 Å². The molecule has 7 nitrogen and oxygen atoms in total. The Bertz CT molecular complexity index is 742. The van der Waals surface area contributed by atoms with Crippen molar-refractivity contribution in [3.63, 3.8) is 0 Å². The molecule has 1 atom stereocenters. The molecule has 0 bridgehead atoms. The van der Waals surface area contributed by atoms with Gasteiger partial charge in [0.25, 0.3) is 0 Å². The molecule has 1 aromatic carbocycles. The van der Waals surface area contributed by atoms with Gasteiger partial charge in [0.2, 0.25) is 5.91 Å². The third-order valence-corrected chi connectivity index (χ3v) is 5.35. The van der Waals surface area contributed by atoms with E-state index in [1.807, 2.05) is 31.2 Å². The summed E-state index contributed by atoms with van der Waals surface area (Å²) < 4.78 is 13.1. The van der Waals surface area contributed by atoms with Crippen molar-refractivity contribution in [1.82, 2.24) is 20.1 Å². The highest BCUT2D eigenvalue weighted by atomic mass is 32.2. The highest BCUT2D eigenvalue weighted by molar-refractivity contribution is 7.99. The number of benzene rings is 1. The van der Waals surface area contributed by atoms with Crippen LogP contribution in [-0.2, 0) is 16.1 Å². The van der Waals surface area contributed by atoms with Gasteiger partial charge in [0.15, 0.2) is 11.0 Å². The number of nitrogens with one attached hydrogen (secondary N) is 1. The van der Waals surface area contributed by atoms with E-state index in [4.69, 9.17) is 9.47 Å². The molecule has 1 aromatic heterocycles. The van der Waals surface area contributed by atoms with Crippen molar-refractivity contribution in [1.29, 1.82) is 0 Å². The van der Waals surface area contributed by atoms with Gasteiger partial charge in [0, 0.05) is 18.7 Å². The number of nitrogens with zero attached hydrogens (tertiary/aromatic N) is 3. The largest absolute Gasteiger partial charge is 0.497 e. The van der Waals surface area contributed by atoms with E-state index in [0.717, 1.165) is 48.2 Å². The normalized spacial score (nSPS) is 16.4. The summed E-state index contributed by atoms with van der Waals surface area (Å²) in [5, 5.41) is 12.4. The fourth-order valence-electron chi connectivity index (χ4n) is 2.95. The molecule has 2 aromatic rings. The zero-order chi connectivity index (χ0) is 19.1. The Morgan fingerprint density at radius 3 is 2.85 bits per heavy atom. The minimum absolute atomic E-state index is 0.0134. The average Bonchev–Trinajstić information content (AvgIpc) is 3.35.